The molecular formula is C56H92O23. The van der Waals surface area contributed by atoms with Crippen LogP contribution in [0.25, 0.3) is 0 Å². The van der Waals surface area contributed by atoms with E-state index < -0.39 is 183 Å². The predicted octanol–water partition coefficient (Wildman–Crippen LogP) is -0.523. The van der Waals surface area contributed by atoms with Gasteiger partial charge in [0.1, 0.15) is 97.7 Å². The molecule has 0 aromatic heterocycles. The van der Waals surface area contributed by atoms with Crippen molar-refractivity contribution >= 4 is 5.97 Å². The molecule has 8 rings (SSSR count). The van der Waals surface area contributed by atoms with Gasteiger partial charge in [0.2, 0.25) is 0 Å². The largest absolute Gasteiger partial charge is 0.481 e. The van der Waals surface area contributed by atoms with Crippen LogP contribution < -0.4 is 0 Å². The summed E-state index contributed by atoms with van der Waals surface area (Å²) in [7, 11) is 0. The number of ether oxygens (including phenoxy) is 8. The van der Waals surface area contributed by atoms with Gasteiger partial charge in [-0.25, -0.2) is 0 Å². The first kappa shape index (κ1) is 63.1. The molecule has 0 radical (unpaired) electrons. The van der Waals surface area contributed by atoms with E-state index in [-0.39, 0.29) is 17.3 Å². The van der Waals surface area contributed by atoms with Gasteiger partial charge in [-0.05, 0) is 104 Å². The van der Waals surface area contributed by atoms with E-state index >= 15 is 0 Å². The third kappa shape index (κ3) is 11.0. The zero-order valence-electron chi connectivity index (χ0n) is 46.9. The molecule has 454 valence electrons. The summed E-state index contributed by atoms with van der Waals surface area (Å²) in [6, 6.07) is 0. The second kappa shape index (κ2) is 23.9. The summed E-state index contributed by atoms with van der Waals surface area (Å²) >= 11 is 0. The zero-order chi connectivity index (χ0) is 58.2. The molecule has 6 fully saturated rings. The molecule has 4 saturated heterocycles. The number of aliphatic hydroxyl groups is 13. The number of hydrogen-bond donors (Lipinski definition) is 14. The summed E-state index contributed by atoms with van der Waals surface area (Å²) in [5.41, 5.74) is 0.824. The first-order chi connectivity index (χ1) is 37.0. The molecule has 8 aliphatic rings. The lowest BCUT2D eigenvalue weighted by Crippen LogP contribution is -2.68. The summed E-state index contributed by atoms with van der Waals surface area (Å²) in [4.78, 5) is 14.1. The average Bonchev–Trinajstić information content (AvgIpc) is 3.94. The van der Waals surface area contributed by atoms with Crippen molar-refractivity contribution in [3.05, 3.63) is 23.3 Å². The van der Waals surface area contributed by atoms with Crippen LogP contribution in [-0.2, 0) is 42.7 Å². The van der Waals surface area contributed by atoms with E-state index in [1.165, 1.54) is 11.1 Å². The summed E-state index contributed by atoms with van der Waals surface area (Å²) in [6.45, 7) is 18.4. The van der Waals surface area contributed by atoms with Gasteiger partial charge in [-0.15, -0.1) is 0 Å². The quantitative estimate of drug-likeness (QED) is 0.0815. The fourth-order valence-electron chi connectivity index (χ4n) is 15.7. The molecule has 2 saturated carbocycles. The highest BCUT2D eigenvalue weighted by Gasteiger charge is 2.69. The molecule has 23 heteroatoms. The number of fused-ring (bicyclic) bond motifs is 4. The number of allylic oxidation sites excluding steroid dienone is 2. The van der Waals surface area contributed by atoms with Crippen molar-refractivity contribution in [1.29, 1.82) is 0 Å². The highest BCUT2D eigenvalue weighted by atomic mass is 16.8. The van der Waals surface area contributed by atoms with E-state index in [2.05, 4.69) is 62.0 Å². The van der Waals surface area contributed by atoms with Crippen molar-refractivity contribution in [2.45, 2.75) is 249 Å². The minimum absolute atomic E-state index is 0.0178. The van der Waals surface area contributed by atoms with E-state index in [0.29, 0.717) is 38.0 Å². The Labute approximate surface area is 462 Å². The maximum Gasteiger partial charge on any atom is 0.314 e. The fourth-order valence-corrected chi connectivity index (χ4v) is 15.7. The summed E-state index contributed by atoms with van der Waals surface area (Å²) < 4.78 is 48.8. The van der Waals surface area contributed by atoms with Crippen molar-refractivity contribution in [3.63, 3.8) is 0 Å². The molecule has 0 bridgehead atoms. The van der Waals surface area contributed by atoms with Gasteiger partial charge in [-0.1, -0.05) is 78.7 Å². The summed E-state index contributed by atoms with van der Waals surface area (Å²) in [5.74, 6) is -0.320. The Bertz CT molecular complexity index is 2150. The van der Waals surface area contributed by atoms with Crippen LogP contribution in [0.2, 0.25) is 0 Å². The minimum atomic E-state index is -2.11. The van der Waals surface area contributed by atoms with Gasteiger partial charge in [0.25, 0.3) is 0 Å². The van der Waals surface area contributed by atoms with Crippen molar-refractivity contribution in [1.82, 2.24) is 0 Å². The van der Waals surface area contributed by atoms with E-state index in [1.807, 2.05) is 0 Å². The predicted molar refractivity (Wildman–Crippen MR) is 275 cm³/mol. The van der Waals surface area contributed by atoms with E-state index in [0.717, 1.165) is 37.7 Å². The van der Waals surface area contributed by atoms with Crippen molar-refractivity contribution < 1.29 is 114 Å². The normalized spacial score (nSPS) is 48.6. The Balaban J connectivity index is 1.07. The third-order valence-electron chi connectivity index (χ3n) is 20.7. The highest BCUT2D eigenvalue weighted by molar-refractivity contribution is 5.82. The van der Waals surface area contributed by atoms with Gasteiger partial charge >= 0.3 is 5.97 Å². The maximum atomic E-state index is 14.1. The van der Waals surface area contributed by atoms with Crippen molar-refractivity contribution in [3.8, 4) is 0 Å². The van der Waals surface area contributed by atoms with Crippen molar-refractivity contribution in [2.75, 3.05) is 26.4 Å². The summed E-state index contributed by atoms with van der Waals surface area (Å²) in [5, 5.41) is 152. The Hall–Kier alpha value is -1.89. The van der Waals surface area contributed by atoms with Gasteiger partial charge in [0, 0.05) is 0 Å². The first-order valence-corrected chi connectivity index (χ1v) is 28.4. The smallest absolute Gasteiger partial charge is 0.314 e. The Kier molecular flexibility index (Phi) is 19.1. The monoisotopic (exact) mass is 1130 g/mol. The van der Waals surface area contributed by atoms with Gasteiger partial charge in [0.05, 0.1) is 37.9 Å². The van der Waals surface area contributed by atoms with Crippen LogP contribution in [0.15, 0.2) is 23.3 Å². The number of carboxylic acids is 1. The van der Waals surface area contributed by atoms with Crippen LogP contribution in [0.5, 0.6) is 0 Å². The number of hydrogen-bond acceptors (Lipinski definition) is 22. The standard InChI is InChI=1S/C56H92O23/c1-24(10-11-25(2)52(3,4)5)26-15-19-56(51(70)71)28-12-13-33-53(6,7)34(16-17-54(33,8)27(28)14-18-55(26,56)9)76-50-46(79-48-42(68)39(65)36(62)30(21-58)73-48)45(37(63)31(22-59)74-50)78-49-43(69)40(66)44(32(23-60)75-49)77-47-41(67)38(64)35(61)29(20-57)72-47/h24,26,29-50,57-69H,2,10-23H2,1,3-9H3,(H,70,71)/t24-,26-,29-,30-,31-,32-,33?,34+,35+,36+,37+,38+,39+,40-,41-,42-,43-,44+,45+,46-,47+,48+,49+,50+,54-,55-,56+/m1/s1. The van der Waals surface area contributed by atoms with Crippen LogP contribution in [0.4, 0.5) is 0 Å². The molecule has 27 atom stereocenters. The second-order valence-electron chi connectivity index (χ2n) is 26.2. The zero-order valence-corrected chi connectivity index (χ0v) is 46.9. The molecular weight excluding hydrogens is 1040 g/mol. The van der Waals surface area contributed by atoms with E-state index in [9.17, 15) is 76.3 Å². The maximum absolute atomic E-state index is 14.1. The lowest BCUT2D eigenvalue weighted by molar-refractivity contribution is -0.404. The molecule has 4 heterocycles. The molecule has 23 nitrogen and oxygen atoms in total. The molecule has 0 spiro atoms. The number of carboxylic acid groups (broad SMARTS) is 1. The van der Waals surface area contributed by atoms with Crippen LogP contribution in [0.3, 0.4) is 0 Å². The van der Waals surface area contributed by atoms with Gasteiger partial charge in [-0.3, -0.25) is 4.79 Å². The van der Waals surface area contributed by atoms with Crippen LogP contribution in [0.1, 0.15) is 120 Å². The Morgan fingerprint density at radius 3 is 1.61 bits per heavy atom. The number of rotatable bonds is 17. The Morgan fingerprint density at radius 1 is 0.582 bits per heavy atom. The topological polar surface area (TPSA) is 374 Å². The first-order valence-electron chi connectivity index (χ1n) is 28.4. The average molecular weight is 1130 g/mol. The molecule has 0 amide bonds. The second-order valence-corrected chi connectivity index (χ2v) is 26.2. The minimum Gasteiger partial charge on any atom is -0.481 e. The number of aliphatic hydroxyl groups excluding tert-OH is 13. The van der Waals surface area contributed by atoms with Crippen LogP contribution >= 0.6 is 0 Å². The number of carbonyl (C=O) groups is 1. The SMILES string of the molecule is C=C(CC[C@@H](C)[C@H]1CC[C@@]2(C(=O)O)C3=C(CC[C@]12C)[C@@]1(C)CC[C@H](O[C@@H]2O[C@H](CO)[C@H](O)[C@H](O[C@@H]4O[C@H](CO)[C@H](O[C@@H]5O[C@H](CO)[C@H](O)[C@H](O)[C@H]5O)[C@H](O)[C@H]4O)[C@H]2O[C@@H]2O[C@H](CO)[C@H](O)[C@H](O)[C@H]2O)C(C)(C)C1CC3)C(C)(C)C. The lowest BCUT2D eigenvalue weighted by atomic mass is 9.43. The third-order valence-corrected chi connectivity index (χ3v) is 20.7. The van der Waals surface area contributed by atoms with Crippen LogP contribution in [0, 0.1) is 44.8 Å². The number of aliphatic carboxylic acids is 1. The van der Waals surface area contributed by atoms with Gasteiger partial charge in [0.15, 0.2) is 25.2 Å². The highest BCUT2D eigenvalue weighted by Crippen LogP contribution is 2.73. The van der Waals surface area contributed by atoms with E-state index in [1.54, 1.807) is 0 Å². The molecule has 0 aromatic carbocycles. The molecule has 0 aromatic rings. The Morgan fingerprint density at radius 2 is 1.08 bits per heavy atom. The van der Waals surface area contributed by atoms with Crippen molar-refractivity contribution in [2.24, 2.45) is 44.8 Å². The molecule has 14 N–H and O–H groups in total. The molecule has 1 unspecified atom stereocenters. The summed E-state index contributed by atoms with van der Waals surface area (Å²) in [6.07, 6.45) is -29.6. The van der Waals surface area contributed by atoms with Gasteiger partial charge < -0.3 is 109 Å². The lowest BCUT2D eigenvalue weighted by Gasteiger charge is -2.62. The molecule has 4 aliphatic heterocycles. The molecule has 79 heavy (non-hydrogen) atoms. The van der Waals surface area contributed by atoms with Crippen LogP contribution in [-0.4, -0.2) is 233 Å². The van der Waals surface area contributed by atoms with E-state index in [4.69, 9.17) is 37.9 Å². The fraction of sp³-hybridized carbons (Fsp3) is 0.911. The van der Waals surface area contributed by atoms with Gasteiger partial charge in [-0.2, -0.15) is 0 Å². The molecule has 4 aliphatic carbocycles.